The second kappa shape index (κ2) is 2.90. The summed E-state index contributed by atoms with van der Waals surface area (Å²) in [5.74, 6) is 0. The van der Waals surface area contributed by atoms with Crippen LogP contribution in [-0.2, 0) is 0 Å². The lowest BCUT2D eigenvalue weighted by Crippen LogP contribution is -2.00. The van der Waals surface area contributed by atoms with Crippen molar-refractivity contribution in [1.82, 2.24) is 0 Å². The van der Waals surface area contributed by atoms with Gasteiger partial charge in [0.05, 0.1) is 0 Å². The smallest absolute Gasteiger partial charge is 0.0344 e. The van der Waals surface area contributed by atoms with Gasteiger partial charge in [0.15, 0.2) is 0 Å². The van der Waals surface area contributed by atoms with Crippen molar-refractivity contribution in [1.29, 1.82) is 0 Å². The Hall–Kier alpha value is -0.430. The van der Waals surface area contributed by atoms with Gasteiger partial charge in [-0.2, -0.15) is 0 Å². The molecule has 2 rings (SSSR count). The van der Waals surface area contributed by atoms with Gasteiger partial charge in [-0.3, -0.25) is 0 Å². The molecule has 0 saturated heterocycles. The molecule has 1 atom stereocenters. The third-order valence-electron chi connectivity index (χ3n) is 2.14. The summed E-state index contributed by atoms with van der Waals surface area (Å²) in [5, 5.41) is 3.04. The number of rotatable bonds is 2. The Labute approximate surface area is 72.1 Å². The van der Waals surface area contributed by atoms with E-state index in [0.717, 1.165) is 5.25 Å². The number of allylic oxidation sites excluding steroid dienone is 4. The molecular formula is C10H12S. The molecule has 1 unspecified atom stereocenters. The number of thioether (sulfide) groups is 1. The molecule has 0 nitrogen and oxygen atoms in total. The number of fused-ring (bicyclic) bond motifs is 1. The van der Waals surface area contributed by atoms with E-state index in [4.69, 9.17) is 0 Å². The van der Waals surface area contributed by atoms with Crippen molar-refractivity contribution in [2.45, 2.75) is 25.0 Å². The molecule has 0 saturated carbocycles. The predicted molar refractivity (Wildman–Crippen MR) is 51.6 cm³/mol. The van der Waals surface area contributed by atoms with Crippen LogP contribution in [0.15, 0.2) is 34.8 Å². The highest BCUT2D eigenvalue weighted by Gasteiger charge is 2.22. The van der Waals surface area contributed by atoms with Crippen molar-refractivity contribution in [3.63, 3.8) is 0 Å². The first kappa shape index (κ1) is 7.23. The Morgan fingerprint density at radius 2 is 2.45 bits per heavy atom. The summed E-state index contributed by atoms with van der Waals surface area (Å²) in [7, 11) is 0. The minimum atomic E-state index is 0.755. The summed E-state index contributed by atoms with van der Waals surface area (Å²) in [6, 6.07) is 0. The van der Waals surface area contributed by atoms with Crippen molar-refractivity contribution < 1.29 is 0 Å². The first-order valence-electron chi connectivity index (χ1n) is 4.16. The number of hydrogen-bond acceptors (Lipinski definition) is 1. The molecule has 0 spiro atoms. The van der Waals surface area contributed by atoms with Gasteiger partial charge >= 0.3 is 0 Å². The molecule has 0 aromatic heterocycles. The SMILES string of the molecule is CCCC1SC=C2C=CC=C21. The number of hydrogen-bond donors (Lipinski definition) is 0. The van der Waals surface area contributed by atoms with Crippen LogP contribution in [0.3, 0.4) is 0 Å². The Bertz CT molecular complexity index is 246. The van der Waals surface area contributed by atoms with Crippen LogP contribution in [0.4, 0.5) is 0 Å². The maximum Gasteiger partial charge on any atom is 0.0344 e. The van der Waals surface area contributed by atoms with Crippen LogP contribution >= 0.6 is 11.8 Å². The maximum absolute atomic E-state index is 2.29. The van der Waals surface area contributed by atoms with Gasteiger partial charge in [-0.1, -0.05) is 31.6 Å². The van der Waals surface area contributed by atoms with Crippen LogP contribution in [0.25, 0.3) is 0 Å². The van der Waals surface area contributed by atoms with Crippen molar-refractivity contribution in [2.75, 3.05) is 0 Å². The summed E-state index contributed by atoms with van der Waals surface area (Å²) < 4.78 is 0. The Morgan fingerprint density at radius 3 is 3.27 bits per heavy atom. The van der Waals surface area contributed by atoms with Gasteiger partial charge in [0.2, 0.25) is 0 Å². The molecule has 0 amide bonds. The second-order valence-corrected chi connectivity index (χ2v) is 4.04. The van der Waals surface area contributed by atoms with Crippen molar-refractivity contribution in [3.05, 3.63) is 34.8 Å². The van der Waals surface area contributed by atoms with Gasteiger partial charge in [-0.15, -0.1) is 11.8 Å². The highest BCUT2D eigenvalue weighted by atomic mass is 32.2. The van der Waals surface area contributed by atoms with E-state index in [0.29, 0.717) is 0 Å². The van der Waals surface area contributed by atoms with Crippen molar-refractivity contribution >= 4 is 11.8 Å². The zero-order valence-corrected chi connectivity index (χ0v) is 7.53. The normalized spacial score (nSPS) is 26.8. The fourth-order valence-corrected chi connectivity index (χ4v) is 2.82. The summed E-state index contributed by atoms with van der Waals surface area (Å²) in [6.45, 7) is 2.25. The molecule has 2 aliphatic rings. The Balaban J connectivity index is 2.12. The zero-order chi connectivity index (χ0) is 7.68. The van der Waals surface area contributed by atoms with E-state index in [1.807, 2.05) is 11.8 Å². The molecule has 0 N–H and O–H groups in total. The molecule has 58 valence electrons. The molecule has 0 aromatic carbocycles. The zero-order valence-electron chi connectivity index (χ0n) is 6.71. The fourth-order valence-electron chi connectivity index (χ4n) is 1.56. The van der Waals surface area contributed by atoms with E-state index in [2.05, 4.69) is 30.6 Å². The van der Waals surface area contributed by atoms with Gasteiger partial charge in [-0.05, 0) is 23.0 Å². The summed E-state index contributed by atoms with van der Waals surface area (Å²) in [5.41, 5.74) is 3.00. The van der Waals surface area contributed by atoms with Crippen molar-refractivity contribution in [3.8, 4) is 0 Å². The van der Waals surface area contributed by atoms with E-state index in [1.54, 1.807) is 5.57 Å². The molecule has 1 heterocycles. The van der Waals surface area contributed by atoms with Crippen LogP contribution in [0.5, 0.6) is 0 Å². The quantitative estimate of drug-likeness (QED) is 0.603. The maximum atomic E-state index is 2.29. The monoisotopic (exact) mass is 164 g/mol. The van der Waals surface area contributed by atoms with Crippen LogP contribution in [0.1, 0.15) is 19.8 Å². The largest absolute Gasteiger partial charge is 0.125 e. The molecule has 0 fully saturated rings. The van der Waals surface area contributed by atoms with E-state index < -0.39 is 0 Å². The molecule has 0 aromatic rings. The topological polar surface area (TPSA) is 0 Å². The van der Waals surface area contributed by atoms with Gasteiger partial charge in [0.25, 0.3) is 0 Å². The van der Waals surface area contributed by atoms with Crippen LogP contribution in [0, 0.1) is 0 Å². The first-order valence-corrected chi connectivity index (χ1v) is 5.10. The van der Waals surface area contributed by atoms with E-state index in [1.165, 1.54) is 18.4 Å². The third-order valence-corrected chi connectivity index (χ3v) is 3.35. The van der Waals surface area contributed by atoms with E-state index >= 15 is 0 Å². The minimum absolute atomic E-state index is 0.755. The Kier molecular flexibility index (Phi) is 1.91. The highest BCUT2D eigenvalue weighted by molar-refractivity contribution is 8.03. The molecule has 1 aliphatic heterocycles. The average Bonchev–Trinajstić information content (AvgIpc) is 2.53. The summed E-state index contributed by atoms with van der Waals surface area (Å²) in [6.07, 6.45) is 9.22. The van der Waals surface area contributed by atoms with Gasteiger partial charge in [-0.25, -0.2) is 0 Å². The molecular weight excluding hydrogens is 152 g/mol. The Morgan fingerprint density at radius 1 is 1.55 bits per heavy atom. The fraction of sp³-hybridized carbons (Fsp3) is 0.400. The standard InChI is InChI=1S/C10H12S/c1-2-4-10-9-6-3-5-8(9)7-11-10/h3,5-7,10H,2,4H2,1H3. The predicted octanol–water partition coefficient (Wildman–Crippen LogP) is 3.28. The summed E-state index contributed by atoms with van der Waals surface area (Å²) >= 11 is 1.98. The highest BCUT2D eigenvalue weighted by Crippen LogP contribution is 2.40. The lowest BCUT2D eigenvalue weighted by Gasteiger charge is -2.08. The molecule has 0 radical (unpaired) electrons. The average molecular weight is 164 g/mol. The summed E-state index contributed by atoms with van der Waals surface area (Å²) in [4.78, 5) is 0. The van der Waals surface area contributed by atoms with E-state index in [9.17, 15) is 0 Å². The molecule has 1 heteroatoms. The van der Waals surface area contributed by atoms with Gasteiger partial charge in [0.1, 0.15) is 0 Å². The van der Waals surface area contributed by atoms with Crippen LogP contribution in [-0.4, -0.2) is 5.25 Å². The molecule has 0 bridgehead atoms. The van der Waals surface area contributed by atoms with Crippen LogP contribution < -0.4 is 0 Å². The van der Waals surface area contributed by atoms with Crippen LogP contribution in [0.2, 0.25) is 0 Å². The van der Waals surface area contributed by atoms with Gasteiger partial charge < -0.3 is 0 Å². The first-order chi connectivity index (χ1) is 5.42. The molecule has 11 heavy (non-hydrogen) atoms. The van der Waals surface area contributed by atoms with E-state index in [-0.39, 0.29) is 0 Å². The minimum Gasteiger partial charge on any atom is -0.125 e. The lowest BCUT2D eigenvalue weighted by atomic mass is 10.1. The van der Waals surface area contributed by atoms with Crippen molar-refractivity contribution in [2.24, 2.45) is 0 Å². The molecule has 1 aliphatic carbocycles. The van der Waals surface area contributed by atoms with Gasteiger partial charge in [0, 0.05) is 5.25 Å². The lowest BCUT2D eigenvalue weighted by molar-refractivity contribution is 0.815. The third kappa shape index (κ3) is 1.18. The second-order valence-electron chi connectivity index (χ2n) is 2.97.